The highest BCUT2D eigenvalue weighted by molar-refractivity contribution is 7.99. The maximum Gasteiger partial charge on any atom is 0.245 e. The third kappa shape index (κ3) is 4.87. The Morgan fingerprint density at radius 2 is 1.97 bits per heavy atom. The largest absolute Gasteiger partial charge is 0.598 e. The van der Waals surface area contributed by atoms with Gasteiger partial charge in [-0.15, -0.1) is 10.2 Å². The first-order valence-corrected chi connectivity index (χ1v) is 14.2. The van der Waals surface area contributed by atoms with E-state index in [0.29, 0.717) is 16.0 Å². The van der Waals surface area contributed by atoms with E-state index in [9.17, 15) is 4.55 Å². The lowest BCUT2D eigenvalue weighted by Crippen LogP contribution is -2.46. The molecule has 0 amide bonds. The zero-order chi connectivity index (χ0) is 25.5. The van der Waals surface area contributed by atoms with Gasteiger partial charge >= 0.3 is 0 Å². The molecule has 0 radical (unpaired) electrons. The molecule has 0 saturated carbocycles. The van der Waals surface area contributed by atoms with E-state index >= 15 is 0 Å². The number of hydrogen-bond donors (Lipinski definition) is 2. The molecule has 4 heterocycles. The fraction of sp³-hybridized carbons (Fsp3) is 0.458. The normalized spacial score (nSPS) is 19.9. The molecule has 1 spiro atoms. The van der Waals surface area contributed by atoms with Crippen molar-refractivity contribution in [3.8, 4) is 0 Å². The molecular weight excluding hydrogens is 516 g/mol. The van der Waals surface area contributed by atoms with Crippen LogP contribution in [0, 0.1) is 5.41 Å². The van der Waals surface area contributed by atoms with Crippen LogP contribution < -0.4 is 15.8 Å². The fourth-order valence-corrected chi connectivity index (χ4v) is 6.66. The quantitative estimate of drug-likeness (QED) is 0.440. The predicted octanol–water partition coefficient (Wildman–Crippen LogP) is 3.77. The molecule has 1 saturated heterocycles. The number of aromatic nitrogens is 5. The van der Waals surface area contributed by atoms with Crippen LogP contribution in [0.2, 0.25) is 5.02 Å². The van der Waals surface area contributed by atoms with E-state index in [2.05, 4.69) is 36.1 Å². The van der Waals surface area contributed by atoms with E-state index in [-0.39, 0.29) is 17.2 Å². The summed E-state index contributed by atoms with van der Waals surface area (Å²) in [5.41, 5.74) is 8.29. The number of pyridine rings is 2. The highest BCUT2D eigenvalue weighted by atomic mass is 35.5. The molecule has 3 aromatic heterocycles. The zero-order valence-electron chi connectivity index (χ0n) is 20.2. The summed E-state index contributed by atoms with van der Waals surface area (Å²) in [4.78, 5) is 16.2. The standard InChI is InChI=1S/C24H29ClN8OS2/c1-23(2,36(27)34)12-16-15-4-3-8-28-17(15)13-24(16)6-10-33(11-7-24)22-30-14-19(31-32-22)35-18-5-9-29-21(26)20(18)25/h3-5,8-9,14,16H,6-7,10-13,27H2,1-2H3,(H2,26,29)/t16?,36-/m1/s1. The van der Waals surface area contributed by atoms with E-state index in [1.54, 1.807) is 18.5 Å². The average Bonchev–Trinajstić information content (AvgIpc) is 3.15. The Labute approximate surface area is 223 Å². The van der Waals surface area contributed by atoms with Crippen molar-refractivity contribution < 1.29 is 4.55 Å². The Morgan fingerprint density at radius 1 is 1.19 bits per heavy atom. The molecule has 2 atom stereocenters. The molecule has 1 fully saturated rings. The molecule has 12 heteroatoms. The smallest absolute Gasteiger partial charge is 0.245 e. The molecule has 0 aromatic carbocycles. The number of rotatable bonds is 6. The highest BCUT2D eigenvalue weighted by Gasteiger charge is 2.51. The Balaban J connectivity index is 1.30. The van der Waals surface area contributed by atoms with Gasteiger partial charge in [-0.1, -0.05) is 29.4 Å². The summed E-state index contributed by atoms with van der Waals surface area (Å²) in [5.74, 6) is 1.16. The Morgan fingerprint density at radius 3 is 2.67 bits per heavy atom. The molecule has 4 N–H and O–H groups in total. The van der Waals surface area contributed by atoms with Gasteiger partial charge in [0.2, 0.25) is 5.95 Å². The van der Waals surface area contributed by atoms with E-state index in [1.165, 1.54) is 17.3 Å². The van der Waals surface area contributed by atoms with Crippen molar-refractivity contribution in [1.29, 1.82) is 0 Å². The summed E-state index contributed by atoms with van der Waals surface area (Å²) >= 11 is 6.19. The first-order valence-electron chi connectivity index (χ1n) is 11.8. The third-order valence-electron chi connectivity index (χ3n) is 7.47. The van der Waals surface area contributed by atoms with Gasteiger partial charge in [-0.05, 0) is 62.1 Å². The average molecular weight is 545 g/mol. The number of piperidine rings is 1. The molecular formula is C24H29ClN8OS2. The van der Waals surface area contributed by atoms with E-state index in [4.69, 9.17) is 22.5 Å². The first kappa shape index (κ1) is 25.5. The minimum absolute atomic E-state index is 0.0606. The van der Waals surface area contributed by atoms with Crippen molar-refractivity contribution >= 4 is 46.5 Å². The highest BCUT2D eigenvalue weighted by Crippen LogP contribution is 2.56. The van der Waals surface area contributed by atoms with Crippen LogP contribution in [0.1, 0.15) is 50.3 Å². The second-order valence-corrected chi connectivity index (χ2v) is 13.2. The first-order chi connectivity index (χ1) is 17.2. The molecule has 36 heavy (non-hydrogen) atoms. The van der Waals surface area contributed by atoms with Gasteiger partial charge in [-0.3, -0.25) is 4.98 Å². The summed E-state index contributed by atoms with van der Waals surface area (Å²) in [6.07, 6.45) is 8.81. The van der Waals surface area contributed by atoms with E-state index < -0.39 is 16.1 Å². The summed E-state index contributed by atoms with van der Waals surface area (Å²) in [6, 6.07) is 5.96. The second-order valence-electron chi connectivity index (χ2n) is 10.1. The number of hydrogen-bond acceptors (Lipinski definition) is 10. The lowest BCUT2D eigenvalue weighted by atomic mass is 9.67. The van der Waals surface area contributed by atoms with Gasteiger partial charge in [-0.25, -0.2) is 9.97 Å². The minimum Gasteiger partial charge on any atom is -0.598 e. The molecule has 1 unspecified atom stereocenters. The van der Waals surface area contributed by atoms with Crippen LogP contribution in [0.5, 0.6) is 0 Å². The summed E-state index contributed by atoms with van der Waals surface area (Å²) in [5, 5.41) is 15.6. The predicted molar refractivity (Wildman–Crippen MR) is 143 cm³/mol. The summed E-state index contributed by atoms with van der Waals surface area (Å²) < 4.78 is 11.8. The van der Waals surface area contributed by atoms with Crippen LogP contribution >= 0.6 is 23.4 Å². The van der Waals surface area contributed by atoms with Crippen molar-refractivity contribution in [2.75, 3.05) is 23.7 Å². The van der Waals surface area contributed by atoms with Gasteiger partial charge in [0.25, 0.3) is 0 Å². The van der Waals surface area contributed by atoms with Crippen LogP contribution in [-0.2, 0) is 17.8 Å². The monoisotopic (exact) mass is 544 g/mol. The SMILES string of the molecule is CC(C)(CC1c2cccnc2CC12CCN(c1ncc(Sc3ccnc(N)c3Cl)nn1)CC2)[S@+](N)[O-]. The molecule has 3 aromatic rings. The lowest BCUT2D eigenvalue weighted by molar-refractivity contribution is 0.169. The van der Waals surface area contributed by atoms with Crippen LogP contribution in [0.3, 0.4) is 0 Å². The number of fused-ring (bicyclic) bond motifs is 1. The number of nitrogen functional groups attached to an aromatic ring is 1. The van der Waals surface area contributed by atoms with Gasteiger partial charge in [0.05, 0.1) is 11.2 Å². The van der Waals surface area contributed by atoms with Crippen molar-refractivity contribution in [3.63, 3.8) is 0 Å². The van der Waals surface area contributed by atoms with Crippen molar-refractivity contribution in [2.45, 2.75) is 60.1 Å². The molecule has 1 aliphatic heterocycles. The van der Waals surface area contributed by atoms with E-state index in [0.717, 1.165) is 49.4 Å². The Kier molecular flexibility index (Phi) is 7.03. The molecule has 1 aliphatic carbocycles. The molecule has 190 valence electrons. The number of anilines is 2. The minimum atomic E-state index is -1.41. The van der Waals surface area contributed by atoms with Crippen LogP contribution in [0.25, 0.3) is 0 Å². The summed E-state index contributed by atoms with van der Waals surface area (Å²) in [6.45, 7) is 5.62. The van der Waals surface area contributed by atoms with Crippen LogP contribution in [0.4, 0.5) is 11.8 Å². The van der Waals surface area contributed by atoms with Gasteiger partial charge in [-0.2, -0.15) is 5.14 Å². The molecule has 9 nitrogen and oxygen atoms in total. The zero-order valence-corrected chi connectivity index (χ0v) is 22.6. The number of nitrogens with two attached hydrogens (primary N) is 2. The number of halogens is 1. The number of nitrogens with zero attached hydrogens (tertiary/aromatic N) is 6. The fourth-order valence-electron chi connectivity index (χ4n) is 5.36. The van der Waals surface area contributed by atoms with Gasteiger partial charge in [0.1, 0.15) is 15.6 Å². The molecule has 2 aliphatic rings. The van der Waals surface area contributed by atoms with Crippen LogP contribution in [0.15, 0.2) is 46.7 Å². The van der Waals surface area contributed by atoms with E-state index in [1.807, 2.05) is 26.1 Å². The summed E-state index contributed by atoms with van der Waals surface area (Å²) in [7, 11) is 0. The molecule has 0 bridgehead atoms. The van der Waals surface area contributed by atoms with Crippen molar-refractivity contribution in [1.82, 2.24) is 25.1 Å². The van der Waals surface area contributed by atoms with Gasteiger partial charge in [0, 0.05) is 53.9 Å². The van der Waals surface area contributed by atoms with Gasteiger partial charge in [0.15, 0.2) is 0 Å². The van der Waals surface area contributed by atoms with Crippen LogP contribution in [-0.4, -0.2) is 47.5 Å². The maximum absolute atomic E-state index is 12.3. The second kappa shape index (κ2) is 9.94. The van der Waals surface area contributed by atoms with Crippen molar-refractivity contribution in [3.05, 3.63) is 53.1 Å². The Bertz CT molecular complexity index is 1240. The third-order valence-corrected chi connectivity index (χ3v) is 10.2. The van der Waals surface area contributed by atoms with Crippen molar-refractivity contribution in [2.24, 2.45) is 10.6 Å². The van der Waals surface area contributed by atoms with Gasteiger partial charge < -0.3 is 15.2 Å². The Hall–Kier alpha value is -2.18. The lowest BCUT2D eigenvalue weighted by Gasteiger charge is -2.44. The topological polar surface area (TPSA) is 143 Å². The maximum atomic E-state index is 12.3. The molecule has 5 rings (SSSR count).